The first-order valence-corrected chi connectivity index (χ1v) is 7.40. The van der Waals surface area contributed by atoms with Gasteiger partial charge in [0.05, 0.1) is 25.7 Å². The second-order valence-corrected chi connectivity index (χ2v) is 5.47. The van der Waals surface area contributed by atoms with Crippen LogP contribution in [-0.4, -0.2) is 30.2 Å². The third kappa shape index (κ3) is 3.23. The number of rotatable bonds is 9. The van der Waals surface area contributed by atoms with Gasteiger partial charge in [0, 0.05) is 6.42 Å². The third-order valence-electron chi connectivity index (χ3n) is 4.88. The maximum atomic E-state index is 2.48. The van der Waals surface area contributed by atoms with Gasteiger partial charge in [0.2, 0.25) is 0 Å². The molecule has 0 aliphatic rings. The number of quaternary nitrogens is 1. The molecule has 0 radical (unpaired) electrons. The maximum Gasteiger partial charge on any atom is 0.0984 e. The average molecular weight is 228 g/mol. The SMILES string of the molecule is CCCC[N+](C)(CC)C(CC)(CC)CCC. The van der Waals surface area contributed by atoms with E-state index in [-0.39, 0.29) is 0 Å². The Morgan fingerprint density at radius 3 is 1.75 bits per heavy atom. The standard InChI is InChI=1S/C15H34N/c1-7-12-14-16(6,11-5)15(9-3,10-4)13-8-2/h7-14H2,1-6H3/q+1. The van der Waals surface area contributed by atoms with Crippen LogP contribution >= 0.6 is 0 Å². The second kappa shape index (κ2) is 7.32. The Kier molecular flexibility index (Phi) is 7.30. The summed E-state index contributed by atoms with van der Waals surface area (Å²) in [7, 11) is 2.48. The van der Waals surface area contributed by atoms with Crippen LogP contribution in [0.2, 0.25) is 0 Å². The van der Waals surface area contributed by atoms with Crippen LogP contribution < -0.4 is 0 Å². The van der Waals surface area contributed by atoms with Crippen LogP contribution in [0.1, 0.15) is 73.1 Å². The molecule has 98 valence electrons. The Morgan fingerprint density at radius 2 is 1.44 bits per heavy atom. The van der Waals surface area contributed by atoms with Crippen molar-refractivity contribution in [2.45, 2.75) is 78.7 Å². The highest BCUT2D eigenvalue weighted by Gasteiger charge is 2.42. The molecule has 0 aromatic heterocycles. The predicted octanol–water partition coefficient (Wildman–Crippen LogP) is 4.61. The summed E-state index contributed by atoms with van der Waals surface area (Å²) in [6.45, 7) is 14.4. The molecule has 1 nitrogen and oxygen atoms in total. The highest BCUT2D eigenvalue weighted by Crippen LogP contribution is 2.35. The number of hydrogen-bond donors (Lipinski definition) is 0. The van der Waals surface area contributed by atoms with Gasteiger partial charge in [-0.05, 0) is 26.2 Å². The molecule has 0 heterocycles. The topological polar surface area (TPSA) is 0 Å². The molecule has 0 aliphatic carbocycles. The van der Waals surface area contributed by atoms with Gasteiger partial charge in [-0.2, -0.15) is 0 Å². The van der Waals surface area contributed by atoms with Crippen LogP contribution in [0.4, 0.5) is 0 Å². The lowest BCUT2D eigenvalue weighted by Crippen LogP contribution is -2.61. The van der Waals surface area contributed by atoms with Crippen LogP contribution in [0.5, 0.6) is 0 Å². The lowest BCUT2D eigenvalue weighted by molar-refractivity contribution is -0.959. The van der Waals surface area contributed by atoms with E-state index in [2.05, 4.69) is 41.7 Å². The van der Waals surface area contributed by atoms with E-state index >= 15 is 0 Å². The molecule has 16 heavy (non-hydrogen) atoms. The van der Waals surface area contributed by atoms with Crippen molar-refractivity contribution in [1.82, 2.24) is 0 Å². The Balaban J connectivity index is 4.93. The van der Waals surface area contributed by atoms with Crippen molar-refractivity contribution in [3.63, 3.8) is 0 Å². The van der Waals surface area contributed by atoms with Gasteiger partial charge in [0.15, 0.2) is 0 Å². The summed E-state index contributed by atoms with van der Waals surface area (Å²) >= 11 is 0. The summed E-state index contributed by atoms with van der Waals surface area (Å²) < 4.78 is 1.28. The molecule has 0 rings (SSSR count). The molecule has 0 amide bonds. The molecule has 0 aromatic carbocycles. The van der Waals surface area contributed by atoms with Crippen molar-refractivity contribution in [2.24, 2.45) is 0 Å². The molecule has 0 saturated carbocycles. The van der Waals surface area contributed by atoms with E-state index in [0.29, 0.717) is 5.54 Å². The molecule has 1 unspecified atom stereocenters. The van der Waals surface area contributed by atoms with Crippen LogP contribution in [0.25, 0.3) is 0 Å². The fourth-order valence-corrected chi connectivity index (χ4v) is 3.34. The van der Waals surface area contributed by atoms with Gasteiger partial charge in [-0.1, -0.05) is 40.5 Å². The van der Waals surface area contributed by atoms with Gasteiger partial charge in [0.25, 0.3) is 0 Å². The van der Waals surface area contributed by atoms with Crippen molar-refractivity contribution in [3.8, 4) is 0 Å². The Morgan fingerprint density at radius 1 is 0.875 bits per heavy atom. The van der Waals surface area contributed by atoms with E-state index in [9.17, 15) is 0 Å². The van der Waals surface area contributed by atoms with E-state index < -0.39 is 0 Å². The quantitative estimate of drug-likeness (QED) is 0.505. The molecule has 0 aliphatic heterocycles. The molecule has 1 heteroatoms. The van der Waals surface area contributed by atoms with E-state index in [1.54, 1.807) is 0 Å². The zero-order chi connectivity index (χ0) is 12.7. The molecule has 0 spiro atoms. The van der Waals surface area contributed by atoms with Gasteiger partial charge in [0.1, 0.15) is 0 Å². The van der Waals surface area contributed by atoms with Crippen molar-refractivity contribution in [1.29, 1.82) is 0 Å². The lowest BCUT2D eigenvalue weighted by atomic mass is 9.83. The first-order valence-electron chi connectivity index (χ1n) is 7.40. The lowest BCUT2D eigenvalue weighted by Gasteiger charge is -2.51. The van der Waals surface area contributed by atoms with Gasteiger partial charge < -0.3 is 4.48 Å². The van der Waals surface area contributed by atoms with Crippen molar-refractivity contribution in [2.75, 3.05) is 20.1 Å². The minimum atomic E-state index is 0.526. The van der Waals surface area contributed by atoms with Gasteiger partial charge in [-0.3, -0.25) is 0 Å². The van der Waals surface area contributed by atoms with Crippen LogP contribution in [0.3, 0.4) is 0 Å². The first-order chi connectivity index (χ1) is 7.55. The third-order valence-corrected chi connectivity index (χ3v) is 4.88. The molecule has 1 atom stereocenters. The van der Waals surface area contributed by atoms with E-state index in [1.165, 1.54) is 56.1 Å². The normalized spacial score (nSPS) is 16.1. The molecule has 0 bridgehead atoms. The Bertz CT molecular complexity index is 172. The van der Waals surface area contributed by atoms with E-state index in [4.69, 9.17) is 0 Å². The summed E-state index contributed by atoms with van der Waals surface area (Å²) in [5.41, 5.74) is 0.526. The number of hydrogen-bond acceptors (Lipinski definition) is 0. The highest BCUT2D eigenvalue weighted by molar-refractivity contribution is 4.78. The van der Waals surface area contributed by atoms with Crippen LogP contribution in [0, 0.1) is 0 Å². The Labute approximate surface area is 104 Å². The summed E-state index contributed by atoms with van der Waals surface area (Å²) in [5.74, 6) is 0. The van der Waals surface area contributed by atoms with Crippen molar-refractivity contribution >= 4 is 0 Å². The van der Waals surface area contributed by atoms with Crippen LogP contribution in [0.15, 0.2) is 0 Å². The monoisotopic (exact) mass is 228 g/mol. The minimum Gasteiger partial charge on any atom is -0.321 e. The zero-order valence-electron chi connectivity index (χ0n) is 12.6. The number of nitrogens with zero attached hydrogens (tertiary/aromatic N) is 1. The predicted molar refractivity (Wildman–Crippen MR) is 74.7 cm³/mol. The second-order valence-electron chi connectivity index (χ2n) is 5.47. The fourth-order valence-electron chi connectivity index (χ4n) is 3.34. The minimum absolute atomic E-state index is 0.526. The molecular formula is C15H34N+. The summed E-state index contributed by atoms with van der Waals surface area (Å²) in [5, 5.41) is 0. The van der Waals surface area contributed by atoms with Crippen LogP contribution in [-0.2, 0) is 0 Å². The Hall–Kier alpha value is -0.0400. The maximum absolute atomic E-state index is 2.48. The highest BCUT2D eigenvalue weighted by atomic mass is 15.4. The molecule has 0 saturated heterocycles. The van der Waals surface area contributed by atoms with Gasteiger partial charge in [-0.25, -0.2) is 0 Å². The van der Waals surface area contributed by atoms with Gasteiger partial charge >= 0.3 is 0 Å². The molecule has 0 fully saturated rings. The van der Waals surface area contributed by atoms with E-state index in [1.807, 2.05) is 0 Å². The van der Waals surface area contributed by atoms with Crippen molar-refractivity contribution < 1.29 is 4.48 Å². The smallest absolute Gasteiger partial charge is 0.0984 e. The van der Waals surface area contributed by atoms with E-state index in [0.717, 1.165) is 0 Å². The van der Waals surface area contributed by atoms with Crippen molar-refractivity contribution in [3.05, 3.63) is 0 Å². The molecular weight excluding hydrogens is 194 g/mol. The summed E-state index contributed by atoms with van der Waals surface area (Å²) in [6, 6.07) is 0. The largest absolute Gasteiger partial charge is 0.321 e. The number of unbranched alkanes of at least 4 members (excludes halogenated alkanes) is 1. The van der Waals surface area contributed by atoms with Gasteiger partial charge in [-0.15, -0.1) is 0 Å². The first kappa shape index (κ1) is 16.0. The summed E-state index contributed by atoms with van der Waals surface area (Å²) in [6.07, 6.45) is 8.05. The zero-order valence-corrected chi connectivity index (χ0v) is 12.6. The fraction of sp³-hybridized carbons (Fsp3) is 1.00. The summed E-state index contributed by atoms with van der Waals surface area (Å²) in [4.78, 5) is 0. The molecule has 0 aromatic rings. The molecule has 0 N–H and O–H groups in total. The average Bonchev–Trinajstić information content (AvgIpc) is 2.33.